The van der Waals surface area contributed by atoms with Gasteiger partial charge in [-0.3, -0.25) is 0 Å². The van der Waals surface area contributed by atoms with Crippen LogP contribution >= 0.6 is 11.6 Å². The van der Waals surface area contributed by atoms with Gasteiger partial charge in [0.25, 0.3) is 11.8 Å². The highest BCUT2D eigenvalue weighted by Crippen LogP contribution is 2.32. The van der Waals surface area contributed by atoms with Gasteiger partial charge in [-0.1, -0.05) is 11.6 Å². The molecule has 25 heavy (non-hydrogen) atoms. The first-order valence-corrected chi connectivity index (χ1v) is 7.95. The van der Waals surface area contributed by atoms with Crippen molar-refractivity contribution in [2.45, 2.75) is 25.3 Å². The van der Waals surface area contributed by atoms with Gasteiger partial charge in [0, 0.05) is 25.3 Å². The summed E-state index contributed by atoms with van der Waals surface area (Å²) in [6, 6.07) is -0.00399. The van der Waals surface area contributed by atoms with Crippen LogP contribution in [-0.4, -0.2) is 37.8 Å². The molecule has 0 aromatic carbocycles. The summed E-state index contributed by atoms with van der Waals surface area (Å²) in [5.41, 5.74) is 0.440. The second kappa shape index (κ2) is 6.17. The fourth-order valence-electron chi connectivity index (χ4n) is 3.07. The SMILES string of the molecule is Fc1cn(C2CCN(c3noc(C(F)F)n3)CC2)c2ncnc(Cl)c12. The van der Waals surface area contributed by atoms with Crippen molar-refractivity contribution in [2.24, 2.45) is 0 Å². The normalized spacial score (nSPS) is 16.3. The highest BCUT2D eigenvalue weighted by molar-refractivity contribution is 6.34. The lowest BCUT2D eigenvalue weighted by molar-refractivity contribution is 0.106. The zero-order valence-electron chi connectivity index (χ0n) is 12.7. The van der Waals surface area contributed by atoms with Crippen LogP contribution in [0.4, 0.5) is 19.1 Å². The number of anilines is 1. The molecule has 132 valence electrons. The molecule has 4 rings (SSSR count). The van der Waals surface area contributed by atoms with E-state index in [9.17, 15) is 13.2 Å². The first-order valence-electron chi connectivity index (χ1n) is 7.58. The third kappa shape index (κ3) is 2.80. The second-order valence-electron chi connectivity index (χ2n) is 5.70. The monoisotopic (exact) mass is 372 g/mol. The Hall–Kier alpha value is -2.36. The van der Waals surface area contributed by atoms with E-state index in [1.807, 2.05) is 0 Å². The van der Waals surface area contributed by atoms with Crippen molar-refractivity contribution in [3.63, 3.8) is 0 Å². The Labute approximate surface area is 144 Å². The molecule has 3 aromatic heterocycles. The molecule has 0 spiro atoms. The van der Waals surface area contributed by atoms with Crippen molar-refractivity contribution >= 4 is 28.6 Å². The molecule has 0 saturated carbocycles. The van der Waals surface area contributed by atoms with Gasteiger partial charge in [-0.15, -0.1) is 0 Å². The first kappa shape index (κ1) is 16.1. The third-order valence-corrected chi connectivity index (χ3v) is 4.56. The van der Waals surface area contributed by atoms with Crippen molar-refractivity contribution in [1.82, 2.24) is 24.7 Å². The van der Waals surface area contributed by atoms with E-state index >= 15 is 0 Å². The number of nitrogens with zero attached hydrogens (tertiary/aromatic N) is 6. The molecule has 0 radical (unpaired) electrons. The fraction of sp³-hybridized carbons (Fsp3) is 0.429. The van der Waals surface area contributed by atoms with Gasteiger partial charge < -0.3 is 14.0 Å². The highest BCUT2D eigenvalue weighted by Gasteiger charge is 2.27. The van der Waals surface area contributed by atoms with E-state index in [1.165, 1.54) is 12.5 Å². The molecule has 0 aliphatic carbocycles. The first-order chi connectivity index (χ1) is 12.0. The smallest absolute Gasteiger partial charge is 0.316 e. The Bertz CT molecular complexity index is 905. The zero-order valence-corrected chi connectivity index (χ0v) is 13.5. The number of piperidine rings is 1. The summed E-state index contributed by atoms with van der Waals surface area (Å²) >= 11 is 5.94. The van der Waals surface area contributed by atoms with Crippen LogP contribution in [0.3, 0.4) is 0 Å². The summed E-state index contributed by atoms with van der Waals surface area (Å²) < 4.78 is 45.5. The van der Waals surface area contributed by atoms with E-state index in [-0.39, 0.29) is 22.5 Å². The van der Waals surface area contributed by atoms with Crippen LogP contribution in [0.15, 0.2) is 17.0 Å². The summed E-state index contributed by atoms with van der Waals surface area (Å²) in [6.45, 7) is 1.04. The van der Waals surface area contributed by atoms with Gasteiger partial charge in [-0.2, -0.15) is 13.8 Å². The van der Waals surface area contributed by atoms with Gasteiger partial charge in [-0.25, -0.2) is 14.4 Å². The Balaban J connectivity index is 1.53. The Morgan fingerprint density at radius 2 is 2.00 bits per heavy atom. The van der Waals surface area contributed by atoms with Crippen LogP contribution < -0.4 is 4.90 Å². The van der Waals surface area contributed by atoms with Gasteiger partial charge in [0.05, 0.1) is 5.39 Å². The number of hydrogen-bond acceptors (Lipinski definition) is 6. The second-order valence-corrected chi connectivity index (χ2v) is 6.06. The van der Waals surface area contributed by atoms with Crippen LogP contribution in [-0.2, 0) is 0 Å². The van der Waals surface area contributed by atoms with Crippen LogP contribution in [0.25, 0.3) is 11.0 Å². The number of alkyl halides is 2. The number of aromatic nitrogens is 5. The zero-order chi connectivity index (χ0) is 17.6. The molecule has 0 atom stereocenters. The Kier molecular flexibility index (Phi) is 3.98. The van der Waals surface area contributed by atoms with Gasteiger partial charge >= 0.3 is 6.43 Å². The average Bonchev–Trinajstić information content (AvgIpc) is 3.21. The van der Waals surface area contributed by atoms with E-state index in [0.29, 0.717) is 31.6 Å². The average molecular weight is 373 g/mol. The van der Waals surface area contributed by atoms with E-state index in [0.717, 1.165) is 0 Å². The number of halogens is 4. The maximum atomic E-state index is 14.1. The molecule has 3 aromatic rings. The van der Waals surface area contributed by atoms with Gasteiger partial charge in [0.15, 0.2) is 5.82 Å². The van der Waals surface area contributed by atoms with Crippen molar-refractivity contribution in [3.05, 3.63) is 29.4 Å². The molecule has 0 bridgehead atoms. The van der Waals surface area contributed by atoms with Crippen molar-refractivity contribution in [2.75, 3.05) is 18.0 Å². The standard InChI is InChI=1S/C14H12ClF3N6O/c15-10-9-8(16)5-24(12(9)20-6-19-10)7-1-3-23(4-2-7)14-21-13(11(17)18)25-22-14/h5-7,11H,1-4H2. The van der Waals surface area contributed by atoms with Crippen molar-refractivity contribution in [1.29, 1.82) is 0 Å². The maximum Gasteiger partial charge on any atom is 0.316 e. The molecule has 4 heterocycles. The molecule has 1 saturated heterocycles. The summed E-state index contributed by atoms with van der Waals surface area (Å²) in [5, 5.41) is 3.85. The lowest BCUT2D eigenvalue weighted by atomic mass is 10.1. The Morgan fingerprint density at radius 3 is 2.68 bits per heavy atom. The lowest BCUT2D eigenvalue weighted by Crippen LogP contribution is -2.35. The predicted octanol–water partition coefficient (Wildman–Crippen LogP) is 3.39. The maximum absolute atomic E-state index is 14.1. The molecule has 7 nitrogen and oxygen atoms in total. The highest BCUT2D eigenvalue weighted by atomic mass is 35.5. The summed E-state index contributed by atoms with van der Waals surface area (Å²) in [6.07, 6.45) is 1.15. The lowest BCUT2D eigenvalue weighted by Gasteiger charge is -2.31. The van der Waals surface area contributed by atoms with Crippen molar-refractivity contribution < 1.29 is 17.7 Å². The number of fused-ring (bicyclic) bond motifs is 1. The minimum Gasteiger partial charge on any atom is -0.338 e. The molecule has 0 N–H and O–H groups in total. The molecular weight excluding hydrogens is 361 g/mol. The van der Waals surface area contributed by atoms with E-state index in [4.69, 9.17) is 11.6 Å². The summed E-state index contributed by atoms with van der Waals surface area (Å²) in [7, 11) is 0. The van der Waals surface area contributed by atoms with Crippen LogP contribution in [0, 0.1) is 5.82 Å². The van der Waals surface area contributed by atoms with Gasteiger partial charge in [0.2, 0.25) is 0 Å². The molecular formula is C14H12ClF3N6O. The van der Waals surface area contributed by atoms with Crippen molar-refractivity contribution in [3.8, 4) is 0 Å². The third-order valence-electron chi connectivity index (χ3n) is 4.28. The minimum atomic E-state index is -2.79. The molecule has 0 amide bonds. The van der Waals surface area contributed by atoms with Crippen LogP contribution in [0.5, 0.6) is 0 Å². The topological polar surface area (TPSA) is 72.9 Å². The fourth-order valence-corrected chi connectivity index (χ4v) is 3.29. The minimum absolute atomic E-state index is 0.00399. The van der Waals surface area contributed by atoms with E-state index in [2.05, 4.69) is 24.6 Å². The predicted molar refractivity (Wildman–Crippen MR) is 82.2 cm³/mol. The quantitative estimate of drug-likeness (QED) is 0.656. The number of hydrogen-bond donors (Lipinski definition) is 0. The molecule has 1 fully saturated rings. The van der Waals surface area contributed by atoms with Crippen LogP contribution in [0.1, 0.15) is 31.2 Å². The molecule has 1 aliphatic heterocycles. The van der Waals surface area contributed by atoms with Crippen LogP contribution in [0.2, 0.25) is 5.15 Å². The Morgan fingerprint density at radius 1 is 1.24 bits per heavy atom. The van der Waals surface area contributed by atoms with E-state index in [1.54, 1.807) is 9.47 Å². The summed E-state index contributed by atoms with van der Waals surface area (Å²) in [5.74, 6) is -1.02. The molecule has 1 aliphatic rings. The molecule has 0 unspecified atom stereocenters. The van der Waals surface area contributed by atoms with Gasteiger partial charge in [0.1, 0.15) is 17.1 Å². The van der Waals surface area contributed by atoms with E-state index < -0.39 is 18.1 Å². The van der Waals surface area contributed by atoms with Gasteiger partial charge in [-0.05, 0) is 18.0 Å². The number of rotatable bonds is 3. The summed E-state index contributed by atoms with van der Waals surface area (Å²) in [4.78, 5) is 13.4. The largest absolute Gasteiger partial charge is 0.338 e. The molecule has 11 heteroatoms.